The van der Waals surface area contributed by atoms with Crippen LogP contribution in [0.4, 0.5) is 0 Å². The molecule has 27 heavy (non-hydrogen) atoms. The second-order valence-electron chi connectivity index (χ2n) is 5.44. The van der Waals surface area contributed by atoms with E-state index in [1.54, 1.807) is 30.3 Å². The van der Waals surface area contributed by atoms with Crippen LogP contribution in [0.3, 0.4) is 0 Å². The fraction of sp³-hybridized carbons (Fsp3) is 0.263. The lowest BCUT2D eigenvalue weighted by Gasteiger charge is -2.11. The number of hydrogen-bond acceptors (Lipinski definition) is 6. The molecule has 0 unspecified atom stereocenters. The predicted molar refractivity (Wildman–Crippen MR) is 104 cm³/mol. The maximum atomic E-state index is 11.9. The normalized spacial score (nSPS) is 10.6. The lowest BCUT2D eigenvalue weighted by molar-refractivity contribution is -0.123. The van der Waals surface area contributed by atoms with Crippen LogP contribution < -0.4 is 24.4 Å². The molecule has 0 aliphatic rings. The molecular weight excluding hydrogens is 372 g/mol. The number of carbonyl (C=O) groups is 1. The first-order valence-electron chi connectivity index (χ1n) is 7.99. The maximum absolute atomic E-state index is 11.9. The minimum atomic E-state index is -0.403. The molecule has 0 saturated carbocycles. The third-order valence-corrected chi connectivity index (χ3v) is 3.86. The Morgan fingerprint density at radius 2 is 1.70 bits per heavy atom. The highest BCUT2D eigenvalue weighted by Gasteiger charge is 2.11. The third-order valence-electron chi connectivity index (χ3n) is 3.62. The van der Waals surface area contributed by atoms with Crippen molar-refractivity contribution in [3.8, 4) is 23.0 Å². The molecule has 0 aliphatic heterocycles. The standard InChI is InChI=1S/C19H21ClN2O5/c1-12-7-14(20)5-6-15(12)27-11-19(23)22-21-10-13-8-17(25-3)18(26-4)9-16(13)24-2/h5-10H,11H2,1-4H3,(H,22,23). The summed E-state index contributed by atoms with van der Waals surface area (Å²) < 4.78 is 21.2. The minimum Gasteiger partial charge on any atom is -0.496 e. The summed E-state index contributed by atoms with van der Waals surface area (Å²) in [6, 6.07) is 8.54. The van der Waals surface area contributed by atoms with Gasteiger partial charge in [-0.15, -0.1) is 0 Å². The molecule has 0 radical (unpaired) electrons. The molecule has 2 aromatic carbocycles. The van der Waals surface area contributed by atoms with Gasteiger partial charge in [-0.05, 0) is 36.8 Å². The van der Waals surface area contributed by atoms with Crippen molar-refractivity contribution < 1.29 is 23.7 Å². The van der Waals surface area contributed by atoms with E-state index >= 15 is 0 Å². The van der Waals surface area contributed by atoms with E-state index < -0.39 is 5.91 Å². The van der Waals surface area contributed by atoms with Gasteiger partial charge in [0.05, 0.1) is 27.5 Å². The molecule has 0 aromatic heterocycles. The lowest BCUT2D eigenvalue weighted by atomic mass is 10.2. The maximum Gasteiger partial charge on any atom is 0.277 e. The van der Waals surface area contributed by atoms with Crippen LogP contribution in [0.25, 0.3) is 0 Å². The minimum absolute atomic E-state index is 0.178. The Hall–Kier alpha value is -2.93. The Kier molecular flexibility index (Phi) is 7.31. The predicted octanol–water partition coefficient (Wildman–Crippen LogP) is 3.20. The van der Waals surface area contributed by atoms with Gasteiger partial charge < -0.3 is 18.9 Å². The topological polar surface area (TPSA) is 78.4 Å². The molecule has 0 aliphatic carbocycles. The molecule has 2 aromatic rings. The summed E-state index contributed by atoms with van der Waals surface area (Å²) in [6.45, 7) is 1.67. The number of halogens is 1. The number of hydrogen-bond donors (Lipinski definition) is 1. The Balaban J connectivity index is 1.99. The van der Waals surface area contributed by atoms with E-state index in [4.69, 9.17) is 30.5 Å². The average molecular weight is 393 g/mol. The van der Waals surface area contributed by atoms with Gasteiger partial charge in [0.1, 0.15) is 11.5 Å². The van der Waals surface area contributed by atoms with Gasteiger partial charge >= 0.3 is 0 Å². The third kappa shape index (κ3) is 5.52. The van der Waals surface area contributed by atoms with Crippen LogP contribution in [0.15, 0.2) is 35.4 Å². The molecule has 0 spiro atoms. The summed E-state index contributed by atoms with van der Waals surface area (Å²) in [6.07, 6.45) is 1.45. The zero-order chi connectivity index (χ0) is 19.8. The molecule has 2 rings (SSSR count). The van der Waals surface area contributed by atoms with Crippen LogP contribution in [-0.2, 0) is 4.79 Å². The second kappa shape index (κ2) is 9.68. The molecule has 0 atom stereocenters. The van der Waals surface area contributed by atoms with Crippen LogP contribution >= 0.6 is 11.6 Å². The van der Waals surface area contributed by atoms with E-state index in [0.717, 1.165) is 5.56 Å². The number of amides is 1. The smallest absolute Gasteiger partial charge is 0.277 e. The van der Waals surface area contributed by atoms with Gasteiger partial charge in [-0.3, -0.25) is 4.79 Å². The number of rotatable bonds is 8. The van der Waals surface area contributed by atoms with Crippen molar-refractivity contribution in [3.63, 3.8) is 0 Å². The van der Waals surface area contributed by atoms with E-state index in [0.29, 0.717) is 33.6 Å². The van der Waals surface area contributed by atoms with Gasteiger partial charge in [0, 0.05) is 16.7 Å². The molecule has 0 heterocycles. The number of carbonyl (C=O) groups excluding carboxylic acids is 1. The Morgan fingerprint density at radius 3 is 2.33 bits per heavy atom. The first kappa shape index (κ1) is 20.4. The van der Waals surface area contributed by atoms with Gasteiger partial charge in [0.2, 0.25) is 0 Å². The molecule has 1 amide bonds. The molecular formula is C19H21ClN2O5. The van der Waals surface area contributed by atoms with Gasteiger partial charge in [-0.2, -0.15) is 5.10 Å². The zero-order valence-corrected chi connectivity index (χ0v) is 16.3. The first-order chi connectivity index (χ1) is 13.0. The summed E-state index contributed by atoms with van der Waals surface area (Å²) in [7, 11) is 4.59. The Morgan fingerprint density at radius 1 is 1.04 bits per heavy atom. The molecule has 0 fully saturated rings. The van der Waals surface area contributed by atoms with Crippen molar-refractivity contribution in [2.24, 2.45) is 5.10 Å². The number of benzene rings is 2. The SMILES string of the molecule is COc1cc(OC)c(OC)cc1C=NNC(=O)COc1ccc(Cl)cc1C. The number of ether oxygens (including phenoxy) is 4. The fourth-order valence-corrected chi connectivity index (χ4v) is 2.50. The van der Waals surface area contributed by atoms with E-state index in [9.17, 15) is 4.79 Å². The quantitative estimate of drug-likeness (QED) is 0.551. The van der Waals surface area contributed by atoms with Crippen LogP contribution in [0.1, 0.15) is 11.1 Å². The van der Waals surface area contributed by atoms with Crippen molar-refractivity contribution >= 4 is 23.7 Å². The second-order valence-corrected chi connectivity index (χ2v) is 5.88. The van der Waals surface area contributed by atoms with Gasteiger partial charge in [-0.25, -0.2) is 5.43 Å². The van der Waals surface area contributed by atoms with Gasteiger partial charge in [-0.1, -0.05) is 11.6 Å². The molecule has 7 nitrogen and oxygen atoms in total. The number of methoxy groups -OCH3 is 3. The fourth-order valence-electron chi connectivity index (χ4n) is 2.28. The monoisotopic (exact) mass is 392 g/mol. The number of nitrogens with one attached hydrogen (secondary N) is 1. The van der Waals surface area contributed by atoms with Crippen molar-refractivity contribution in [2.75, 3.05) is 27.9 Å². The van der Waals surface area contributed by atoms with Crippen molar-refractivity contribution in [2.45, 2.75) is 6.92 Å². The summed E-state index contributed by atoms with van der Waals surface area (Å²) in [4.78, 5) is 11.9. The summed E-state index contributed by atoms with van der Waals surface area (Å²) >= 11 is 5.89. The number of nitrogens with zero attached hydrogens (tertiary/aromatic N) is 1. The highest BCUT2D eigenvalue weighted by molar-refractivity contribution is 6.30. The van der Waals surface area contributed by atoms with Crippen LogP contribution in [0.5, 0.6) is 23.0 Å². The van der Waals surface area contributed by atoms with Gasteiger partial charge in [0.15, 0.2) is 18.1 Å². The molecule has 144 valence electrons. The van der Waals surface area contributed by atoms with E-state index in [-0.39, 0.29) is 6.61 Å². The Labute approximate surface area is 162 Å². The highest BCUT2D eigenvalue weighted by atomic mass is 35.5. The largest absolute Gasteiger partial charge is 0.496 e. The number of hydrazone groups is 1. The van der Waals surface area contributed by atoms with Crippen LogP contribution in [0, 0.1) is 6.92 Å². The molecule has 1 N–H and O–H groups in total. The lowest BCUT2D eigenvalue weighted by Crippen LogP contribution is -2.24. The van der Waals surface area contributed by atoms with E-state index in [1.165, 1.54) is 27.5 Å². The van der Waals surface area contributed by atoms with E-state index in [2.05, 4.69) is 10.5 Å². The Bertz CT molecular complexity index is 839. The zero-order valence-electron chi connectivity index (χ0n) is 15.5. The van der Waals surface area contributed by atoms with E-state index in [1.807, 2.05) is 6.92 Å². The van der Waals surface area contributed by atoms with Gasteiger partial charge in [0.25, 0.3) is 5.91 Å². The number of aryl methyl sites for hydroxylation is 1. The molecule has 8 heteroatoms. The van der Waals surface area contributed by atoms with Crippen LogP contribution in [-0.4, -0.2) is 40.1 Å². The average Bonchev–Trinajstić information content (AvgIpc) is 2.66. The molecule has 0 saturated heterocycles. The van der Waals surface area contributed by atoms with Crippen LogP contribution in [0.2, 0.25) is 5.02 Å². The van der Waals surface area contributed by atoms with Crippen molar-refractivity contribution in [1.29, 1.82) is 0 Å². The van der Waals surface area contributed by atoms with Crippen molar-refractivity contribution in [3.05, 3.63) is 46.5 Å². The summed E-state index contributed by atoms with van der Waals surface area (Å²) in [5.74, 6) is 1.76. The molecule has 0 bridgehead atoms. The summed E-state index contributed by atoms with van der Waals surface area (Å²) in [5.41, 5.74) is 3.86. The highest BCUT2D eigenvalue weighted by Crippen LogP contribution is 2.33. The van der Waals surface area contributed by atoms with Crippen molar-refractivity contribution in [1.82, 2.24) is 5.43 Å². The first-order valence-corrected chi connectivity index (χ1v) is 8.37. The summed E-state index contributed by atoms with van der Waals surface area (Å²) in [5, 5.41) is 4.54.